The third-order valence-electron chi connectivity index (χ3n) is 2.73. The number of halogens is 1. The Morgan fingerprint density at radius 3 is 2.86 bits per heavy atom. The lowest BCUT2D eigenvalue weighted by Gasteiger charge is -1.96. The van der Waals surface area contributed by atoms with Crippen LogP contribution in [0.2, 0.25) is 5.15 Å². The largest absolute Gasteiger partial charge is 0.372 e. The number of unbranched alkanes of at least 4 members (excludes halogenated alkanes) is 3. The molecular weight excluding hydrogens is 336 g/mol. The number of rotatable bonds is 7. The normalized spacial score (nSPS) is 11.1. The fraction of sp³-hybridized carbons (Fsp3) is 0.545. The second-order valence-corrected chi connectivity index (χ2v) is 6.94. The predicted molar refractivity (Wildman–Crippen MR) is 83.7 cm³/mol. The Balaban J connectivity index is 2.20. The van der Waals surface area contributed by atoms with Crippen LogP contribution in [0.1, 0.15) is 32.6 Å². The van der Waals surface area contributed by atoms with Crippen molar-refractivity contribution in [2.45, 2.75) is 36.9 Å². The topological polar surface area (TPSA) is 90.4 Å². The average molecular weight is 349 g/mol. The fourth-order valence-electron chi connectivity index (χ4n) is 1.69. The first-order valence-corrected chi connectivity index (χ1v) is 8.59. The lowest BCUT2D eigenvalue weighted by Crippen LogP contribution is -2.14. The van der Waals surface area contributed by atoms with Crippen LogP contribution in [0, 0.1) is 10.1 Å². The van der Waals surface area contributed by atoms with E-state index in [2.05, 4.69) is 17.0 Å². The lowest BCUT2D eigenvalue weighted by atomic mass is 10.2. The molecule has 10 heteroatoms. The van der Waals surface area contributed by atoms with E-state index in [9.17, 15) is 14.9 Å². The minimum atomic E-state index is -0.937. The summed E-state index contributed by atoms with van der Waals surface area (Å²) in [7, 11) is 0. The molecule has 0 aliphatic heterocycles. The number of fused-ring (bicyclic) bond motifs is 1. The molecule has 0 fully saturated rings. The molecule has 7 nitrogen and oxygen atoms in total. The summed E-state index contributed by atoms with van der Waals surface area (Å²) in [5.74, 6) is 0.907. The number of hydrogen-bond donors (Lipinski definition) is 0. The maximum Gasteiger partial charge on any atom is 0.372 e. The van der Waals surface area contributed by atoms with Gasteiger partial charge in [-0.05, 0) is 6.42 Å². The Hall–Kier alpha value is -1.19. The highest BCUT2D eigenvalue weighted by Gasteiger charge is 2.24. The predicted octanol–water partition coefficient (Wildman–Crippen LogP) is 3.39. The van der Waals surface area contributed by atoms with Gasteiger partial charge in [-0.25, -0.2) is 0 Å². The van der Waals surface area contributed by atoms with Crippen LogP contribution in [-0.4, -0.2) is 25.3 Å². The molecule has 2 aromatic rings. The highest BCUT2D eigenvalue weighted by Crippen LogP contribution is 2.28. The first-order valence-electron chi connectivity index (χ1n) is 6.41. The maximum atomic E-state index is 11.6. The van der Waals surface area contributed by atoms with Crippen molar-refractivity contribution < 1.29 is 4.92 Å². The molecule has 114 valence electrons. The van der Waals surface area contributed by atoms with Gasteiger partial charge in [-0.15, -0.1) is 5.10 Å². The zero-order valence-corrected chi connectivity index (χ0v) is 13.6. The van der Waals surface area contributed by atoms with Gasteiger partial charge in [-0.2, -0.15) is 9.50 Å². The highest BCUT2D eigenvalue weighted by atomic mass is 35.5. The van der Waals surface area contributed by atoms with E-state index in [1.165, 1.54) is 24.2 Å². The molecular formula is C11H13ClN4O3S2. The summed E-state index contributed by atoms with van der Waals surface area (Å²) in [4.78, 5) is 25.5. The average Bonchev–Trinajstić information content (AvgIpc) is 2.81. The van der Waals surface area contributed by atoms with E-state index >= 15 is 0 Å². The molecule has 2 rings (SSSR count). The molecule has 0 spiro atoms. The molecule has 2 aromatic heterocycles. The van der Waals surface area contributed by atoms with Crippen molar-refractivity contribution in [3.63, 3.8) is 0 Å². The molecule has 0 saturated heterocycles. The van der Waals surface area contributed by atoms with Gasteiger partial charge in [-0.1, -0.05) is 60.9 Å². The lowest BCUT2D eigenvalue weighted by molar-refractivity contribution is -0.386. The van der Waals surface area contributed by atoms with Gasteiger partial charge in [0.1, 0.15) is 0 Å². The van der Waals surface area contributed by atoms with Gasteiger partial charge in [0.05, 0.1) is 4.92 Å². The smallest absolute Gasteiger partial charge is 0.259 e. The van der Waals surface area contributed by atoms with Crippen LogP contribution in [0.15, 0.2) is 9.13 Å². The number of nitro groups is 1. The van der Waals surface area contributed by atoms with E-state index in [1.807, 2.05) is 0 Å². The summed E-state index contributed by atoms with van der Waals surface area (Å²) in [5.41, 5.74) is -1.67. The Kier molecular flexibility index (Phi) is 5.54. The van der Waals surface area contributed by atoms with E-state index in [4.69, 9.17) is 11.6 Å². The third kappa shape index (κ3) is 3.72. The van der Waals surface area contributed by atoms with Crippen molar-refractivity contribution in [1.82, 2.24) is 14.6 Å². The molecule has 0 aliphatic rings. The van der Waals surface area contributed by atoms with Gasteiger partial charge in [0.15, 0.2) is 4.34 Å². The van der Waals surface area contributed by atoms with Gasteiger partial charge < -0.3 is 0 Å². The van der Waals surface area contributed by atoms with E-state index in [0.29, 0.717) is 4.34 Å². The first kappa shape index (κ1) is 16.2. The SMILES string of the molecule is CCCCCCSc1nn2c(Cl)c([N+](=O)[O-])c(=O)nc2s1. The van der Waals surface area contributed by atoms with Crippen molar-refractivity contribution in [3.05, 3.63) is 25.6 Å². The second kappa shape index (κ2) is 7.19. The van der Waals surface area contributed by atoms with Gasteiger partial charge in [0.25, 0.3) is 0 Å². The Bertz CT molecular complexity index is 715. The fourth-order valence-corrected chi connectivity index (χ4v) is 4.01. The van der Waals surface area contributed by atoms with Gasteiger partial charge in [0, 0.05) is 5.75 Å². The molecule has 0 bridgehead atoms. The van der Waals surface area contributed by atoms with Crippen LogP contribution in [0.4, 0.5) is 5.69 Å². The zero-order chi connectivity index (χ0) is 15.4. The van der Waals surface area contributed by atoms with Crippen molar-refractivity contribution in [1.29, 1.82) is 0 Å². The molecule has 0 N–H and O–H groups in total. The van der Waals surface area contributed by atoms with Crippen molar-refractivity contribution >= 4 is 45.3 Å². The van der Waals surface area contributed by atoms with Crippen molar-refractivity contribution in [3.8, 4) is 0 Å². The monoisotopic (exact) mass is 348 g/mol. The molecule has 21 heavy (non-hydrogen) atoms. The highest BCUT2D eigenvalue weighted by molar-refractivity contribution is 8.01. The Morgan fingerprint density at radius 2 is 2.19 bits per heavy atom. The summed E-state index contributed by atoms with van der Waals surface area (Å²) in [6, 6.07) is 0. The first-order chi connectivity index (χ1) is 10.0. The molecule has 0 unspecified atom stereocenters. The van der Waals surface area contributed by atoms with Crippen LogP contribution in [0.3, 0.4) is 0 Å². The maximum absolute atomic E-state index is 11.6. The Labute approximate surface area is 133 Å². The molecule has 0 aromatic carbocycles. The number of thioether (sulfide) groups is 1. The van der Waals surface area contributed by atoms with Crippen LogP contribution in [-0.2, 0) is 0 Å². The number of nitrogens with zero attached hydrogens (tertiary/aromatic N) is 4. The number of aromatic nitrogens is 3. The van der Waals surface area contributed by atoms with Crippen LogP contribution < -0.4 is 5.56 Å². The standard InChI is InChI=1S/C11H13ClN4O3S2/c1-2-3-4-5-6-20-11-14-15-8(12)7(16(18)19)9(17)13-10(15)21-11/h2-6H2,1H3. The summed E-state index contributed by atoms with van der Waals surface area (Å²) in [5, 5.41) is 14.7. The van der Waals surface area contributed by atoms with Gasteiger partial charge in [0.2, 0.25) is 10.1 Å². The van der Waals surface area contributed by atoms with Crippen LogP contribution >= 0.6 is 34.7 Å². The van der Waals surface area contributed by atoms with E-state index in [1.54, 1.807) is 11.8 Å². The Morgan fingerprint density at radius 1 is 1.43 bits per heavy atom. The van der Waals surface area contributed by atoms with Crippen molar-refractivity contribution in [2.75, 3.05) is 5.75 Å². The molecule has 0 atom stereocenters. The third-order valence-corrected chi connectivity index (χ3v) is 5.20. The molecule has 0 saturated carbocycles. The molecule has 0 aliphatic carbocycles. The molecule has 0 radical (unpaired) electrons. The second-order valence-electron chi connectivity index (χ2n) is 4.28. The molecule has 2 heterocycles. The van der Waals surface area contributed by atoms with Crippen LogP contribution in [0.5, 0.6) is 0 Å². The van der Waals surface area contributed by atoms with Gasteiger partial charge in [-0.3, -0.25) is 14.9 Å². The summed E-state index contributed by atoms with van der Waals surface area (Å²) < 4.78 is 1.85. The van der Waals surface area contributed by atoms with E-state index < -0.39 is 16.2 Å². The number of hydrogen-bond acceptors (Lipinski definition) is 7. The zero-order valence-electron chi connectivity index (χ0n) is 11.2. The van der Waals surface area contributed by atoms with E-state index in [-0.39, 0.29) is 10.1 Å². The van der Waals surface area contributed by atoms with Crippen LogP contribution in [0.25, 0.3) is 4.96 Å². The molecule has 0 amide bonds. The van der Waals surface area contributed by atoms with Crippen molar-refractivity contribution in [2.24, 2.45) is 0 Å². The van der Waals surface area contributed by atoms with E-state index in [0.717, 1.165) is 23.1 Å². The summed E-state index contributed by atoms with van der Waals surface area (Å²) >= 11 is 8.62. The minimum absolute atomic E-state index is 0.270. The quantitative estimate of drug-likeness (QED) is 0.250. The summed E-state index contributed by atoms with van der Waals surface area (Å²) in [6.45, 7) is 2.15. The van der Waals surface area contributed by atoms with Gasteiger partial charge >= 0.3 is 11.2 Å². The minimum Gasteiger partial charge on any atom is -0.259 e. The summed E-state index contributed by atoms with van der Waals surface area (Å²) in [6.07, 6.45) is 4.62.